The van der Waals surface area contributed by atoms with Crippen molar-refractivity contribution in [3.8, 4) is 5.75 Å². The van der Waals surface area contributed by atoms with Gasteiger partial charge in [-0.05, 0) is 17.1 Å². The summed E-state index contributed by atoms with van der Waals surface area (Å²) in [5.74, 6) is 0.662. The Morgan fingerprint density at radius 2 is 2.31 bits per heavy atom. The van der Waals surface area contributed by atoms with Crippen LogP contribution in [0.1, 0.15) is 0 Å². The summed E-state index contributed by atoms with van der Waals surface area (Å²) in [5, 5.41) is 11.7. The van der Waals surface area contributed by atoms with E-state index in [4.69, 9.17) is 4.74 Å². The highest BCUT2D eigenvalue weighted by Gasteiger charge is 2.05. The summed E-state index contributed by atoms with van der Waals surface area (Å²) in [5.41, 5.74) is 0.756. The SMILES string of the molecule is COc1cccc2nc[n+]([O-])cc12. The highest BCUT2D eigenvalue weighted by molar-refractivity contribution is 5.83. The first-order chi connectivity index (χ1) is 6.31. The van der Waals surface area contributed by atoms with Crippen LogP contribution in [-0.4, -0.2) is 12.1 Å². The van der Waals surface area contributed by atoms with Crippen LogP contribution in [0.5, 0.6) is 5.75 Å². The smallest absolute Gasteiger partial charge is 0.289 e. The Labute approximate surface area is 75.0 Å². The molecule has 0 aliphatic heterocycles. The molecule has 1 aromatic carbocycles. The molecule has 0 bridgehead atoms. The molecule has 1 heterocycles. The first-order valence-corrected chi connectivity index (χ1v) is 3.83. The predicted octanol–water partition coefficient (Wildman–Crippen LogP) is 0.877. The van der Waals surface area contributed by atoms with Gasteiger partial charge in [-0.25, -0.2) is 4.73 Å². The Balaban J connectivity index is 2.79. The molecule has 0 N–H and O–H groups in total. The topological polar surface area (TPSA) is 49.1 Å². The van der Waals surface area contributed by atoms with Gasteiger partial charge in [0.15, 0.2) is 5.52 Å². The molecule has 2 rings (SSSR count). The maximum Gasteiger partial charge on any atom is 0.289 e. The molecule has 1 aromatic heterocycles. The molecule has 0 aliphatic carbocycles. The van der Waals surface area contributed by atoms with E-state index in [1.165, 1.54) is 12.5 Å². The number of benzene rings is 1. The van der Waals surface area contributed by atoms with Crippen LogP contribution in [0.4, 0.5) is 0 Å². The first-order valence-electron chi connectivity index (χ1n) is 3.83. The van der Waals surface area contributed by atoms with Crippen molar-refractivity contribution in [3.05, 3.63) is 35.9 Å². The zero-order chi connectivity index (χ0) is 9.26. The molecule has 0 aliphatic rings. The van der Waals surface area contributed by atoms with Crippen LogP contribution in [0.25, 0.3) is 10.9 Å². The summed E-state index contributed by atoms with van der Waals surface area (Å²) in [7, 11) is 1.57. The monoisotopic (exact) mass is 176 g/mol. The predicted molar refractivity (Wildman–Crippen MR) is 47.3 cm³/mol. The van der Waals surface area contributed by atoms with Gasteiger partial charge in [0, 0.05) is 0 Å². The van der Waals surface area contributed by atoms with E-state index in [2.05, 4.69) is 4.98 Å². The lowest BCUT2D eigenvalue weighted by molar-refractivity contribution is -0.607. The average Bonchev–Trinajstić information content (AvgIpc) is 2.17. The third-order valence-corrected chi connectivity index (χ3v) is 1.83. The number of rotatable bonds is 1. The quantitative estimate of drug-likeness (QED) is 0.478. The summed E-state index contributed by atoms with van der Waals surface area (Å²) >= 11 is 0. The zero-order valence-electron chi connectivity index (χ0n) is 7.10. The van der Waals surface area contributed by atoms with E-state index in [0.717, 1.165) is 10.9 Å². The molecule has 0 fully saturated rings. The van der Waals surface area contributed by atoms with E-state index < -0.39 is 0 Å². The van der Waals surface area contributed by atoms with E-state index in [9.17, 15) is 5.21 Å². The van der Waals surface area contributed by atoms with Gasteiger partial charge in [-0.3, -0.25) is 0 Å². The highest BCUT2D eigenvalue weighted by atomic mass is 16.5. The van der Waals surface area contributed by atoms with E-state index in [-0.39, 0.29) is 0 Å². The molecule has 0 saturated carbocycles. The Bertz CT molecular complexity index is 443. The van der Waals surface area contributed by atoms with E-state index >= 15 is 0 Å². The van der Waals surface area contributed by atoms with Gasteiger partial charge in [0.25, 0.3) is 6.33 Å². The van der Waals surface area contributed by atoms with E-state index in [1.807, 2.05) is 12.1 Å². The Morgan fingerprint density at radius 1 is 1.46 bits per heavy atom. The average molecular weight is 176 g/mol. The van der Waals surface area contributed by atoms with Crippen molar-refractivity contribution in [3.63, 3.8) is 0 Å². The van der Waals surface area contributed by atoms with Gasteiger partial charge in [-0.15, -0.1) is 0 Å². The first kappa shape index (κ1) is 7.79. The lowest BCUT2D eigenvalue weighted by atomic mass is 10.2. The highest BCUT2D eigenvalue weighted by Crippen LogP contribution is 2.21. The molecule has 0 spiro atoms. The van der Waals surface area contributed by atoms with Crippen LogP contribution in [0.3, 0.4) is 0 Å². The van der Waals surface area contributed by atoms with Crippen LogP contribution < -0.4 is 9.47 Å². The third-order valence-electron chi connectivity index (χ3n) is 1.83. The number of hydrogen-bond acceptors (Lipinski definition) is 3. The van der Waals surface area contributed by atoms with Crippen LogP contribution in [0.15, 0.2) is 30.7 Å². The summed E-state index contributed by atoms with van der Waals surface area (Å²) < 4.78 is 5.75. The normalized spacial score (nSPS) is 10.2. The van der Waals surface area contributed by atoms with Gasteiger partial charge in [0.1, 0.15) is 17.3 Å². The Morgan fingerprint density at radius 3 is 3.08 bits per heavy atom. The van der Waals surface area contributed by atoms with Crippen molar-refractivity contribution < 1.29 is 9.47 Å². The van der Waals surface area contributed by atoms with Crippen molar-refractivity contribution in [2.24, 2.45) is 0 Å². The minimum absolute atomic E-state index is 0.658. The summed E-state index contributed by atoms with van der Waals surface area (Å²) in [6, 6.07) is 5.46. The van der Waals surface area contributed by atoms with Crippen molar-refractivity contribution in [1.82, 2.24) is 4.98 Å². The van der Waals surface area contributed by atoms with Crippen molar-refractivity contribution in [2.45, 2.75) is 0 Å². The Hall–Kier alpha value is -1.84. The number of hydrogen-bond donors (Lipinski definition) is 0. The van der Waals surface area contributed by atoms with Crippen LogP contribution in [-0.2, 0) is 0 Å². The fraction of sp³-hybridized carbons (Fsp3) is 0.111. The second kappa shape index (κ2) is 2.90. The minimum Gasteiger partial charge on any atom is -0.711 e. The van der Waals surface area contributed by atoms with Crippen LogP contribution in [0.2, 0.25) is 0 Å². The maximum atomic E-state index is 11.0. The number of aromatic nitrogens is 2. The summed E-state index contributed by atoms with van der Waals surface area (Å²) in [6.07, 6.45) is 2.67. The molecule has 66 valence electrons. The van der Waals surface area contributed by atoms with E-state index in [0.29, 0.717) is 10.5 Å². The number of ether oxygens (including phenoxy) is 1. The Kier molecular flexibility index (Phi) is 1.73. The molecule has 0 unspecified atom stereocenters. The largest absolute Gasteiger partial charge is 0.711 e. The molecule has 0 amide bonds. The van der Waals surface area contributed by atoms with E-state index in [1.54, 1.807) is 13.2 Å². The lowest BCUT2D eigenvalue weighted by Crippen LogP contribution is -2.25. The van der Waals surface area contributed by atoms with Gasteiger partial charge in [0.2, 0.25) is 0 Å². The third kappa shape index (κ3) is 1.26. The number of methoxy groups -OCH3 is 1. The fourth-order valence-corrected chi connectivity index (χ4v) is 1.23. The molecular weight excluding hydrogens is 168 g/mol. The second-order valence-electron chi connectivity index (χ2n) is 2.63. The van der Waals surface area contributed by atoms with Gasteiger partial charge in [-0.1, -0.05) is 6.07 Å². The standard InChI is InChI=1S/C9H8N2O2/c1-13-9-4-2-3-8-7(9)5-11(12)6-10-8/h2-6H,1H3. The fourth-order valence-electron chi connectivity index (χ4n) is 1.23. The lowest BCUT2D eigenvalue weighted by Gasteiger charge is -2.03. The molecule has 0 atom stereocenters. The molecular formula is C9H8N2O2. The molecule has 4 heteroatoms. The second-order valence-corrected chi connectivity index (χ2v) is 2.63. The molecule has 0 radical (unpaired) electrons. The zero-order valence-corrected chi connectivity index (χ0v) is 7.10. The maximum absolute atomic E-state index is 11.0. The van der Waals surface area contributed by atoms with Crippen molar-refractivity contribution in [1.29, 1.82) is 0 Å². The number of nitrogens with zero attached hydrogens (tertiary/aromatic N) is 2. The number of fused-ring (bicyclic) bond motifs is 1. The van der Waals surface area contributed by atoms with Gasteiger partial charge < -0.3 is 9.94 Å². The summed E-state index contributed by atoms with van der Waals surface area (Å²) in [4.78, 5) is 3.96. The van der Waals surface area contributed by atoms with Crippen molar-refractivity contribution in [2.75, 3.05) is 7.11 Å². The van der Waals surface area contributed by atoms with Crippen molar-refractivity contribution >= 4 is 10.9 Å². The van der Waals surface area contributed by atoms with Crippen LogP contribution >= 0.6 is 0 Å². The molecule has 0 saturated heterocycles. The molecule has 4 nitrogen and oxygen atoms in total. The van der Waals surface area contributed by atoms with Gasteiger partial charge in [0.05, 0.1) is 7.11 Å². The summed E-state index contributed by atoms with van der Waals surface area (Å²) in [6.45, 7) is 0. The molecule has 2 aromatic rings. The van der Waals surface area contributed by atoms with Crippen LogP contribution in [0, 0.1) is 5.21 Å². The minimum atomic E-state index is 0.658. The van der Waals surface area contributed by atoms with Gasteiger partial charge in [-0.2, -0.15) is 0 Å². The molecule has 13 heavy (non-hydrogen) atoms. The van der Waals surface area contributed by atoms with Gasteiger partial charge >= 0.3 is 0 Å².